The number of nitrogens with one attached hydrogen (secondary N) is 3. The predicted molar refractivity (Wildman–Crippen MR) is 102 cm³/mol. The molecule has 3 N–H and O–H groups in total. The van der Waals surface area contributed by atoms with Crippen molar-refractivity contribution in [3.63, 3.8) is 0 Å². The average Bonchev–Trinajstić information content (AvgIpc) is 3.12. The first-order valence-corrected chi connectivity index (χ1v) is 9.12. The van der Waals surface area contributed by atoms with Crippen LogP contribution in [0, 0.1) is 0 Å². The Hall–Kier alpha value is -3.22. The van der Waals surface area contributed by atoms with Crippen LogP contribution < -0.4 is 20.1 Å². The number of aromatic nitrogens is 2. The third-order valence-electron chi connectivity index (χ3n) is 4.37. The van der Waals surface area contributed by atoms with Gasteiger partial charge in [-0.2, -0.15) is 0 Å². The molecule has 1 aromatic heterocycles. The van der Waals surface area contributed by atoms with Crippen LogP contribution in [0.2, 0.25) is 0 Å². The van der Waals surface area contributed by atoms with E-state index >= 15 is 0 Å². The number of aryl methyl sites for hydroxylation is 1. The van der Waals surface area contributed by atoms with Gasteiger partial charge in [0, 0.05) is 13.0 Å². The van der Waals surface area contributed by atoms with E-state index in [4.69, 9.17) is 9.47 Å². The predicted octanol–water partition coefficient (Wildman–Crippen LogP) is 2.63. The Morgan fingerprint density at radius 3 is 2.81 bits per heavy atom. The number of para-hydroxylation sites is 4. The molecule has 0 spiro atoms. The second-order valence-corrected chi connectivity index (χ2v) is 6.44. The van der Waals surface area contributed by atoms with Gasteiger partial charge in [-0.05, 0) is 30.7 Å². The van der Waals surface area contributed by atoms with E-state index in [1.807, 2.05) is 48.5 Å². The van der Waals surface area contributed by atoms with Crippen molar-refractivity contribution in [3.8, 4) is 11.5 Å². The lowest BCUT2D eigenvalue weighted by Crippen LogP contribution is -2.44. The molecule has 3 aromatic rings. The summed E-state index contributed by atoms with van der Waals surface area (Å²) in [6, 6.07) is 15.3. The summed E-state index contributed by atoms with van der Waals surface area (Å²) in [6.07, 6.45) is 1.40. The van der Waals surface area contributed by atoms with Crippen LogP contribution in [0.5, 0.6) is 11.5 Å². The Labute approximate surface area is 157 Å². The van der Waals surface area contributed by atoms with Gasteiger partial charge in [-0.25, -0.2) is 9.78 Å². The van der Waals surface area contributed by atoms with E-state index in [-0.39, 0.29) is 12.1 Å². The van der Waals surface area contributed by atoms with E-state index in [2.05, 4.69) is 20.6 Å². The van der Waals surface area contributed by atoms with Crippen LogP contribution in [-0.4, -0.2) is 41.8 Å². The summed E-state index contributed by atoms with van der Waals surface area (Å²) in [4.78, 5) is 19.8. The lowest BCUT2D eigenvalue weighted by molar-refractivity contribution is 0.0918. The molecule has 4 rings (SSSR count). The first-order chi connectivity index (χ1) is 13.3. The molecule has 1 aliphatic heterocycles. The van der Waals surface area contributed by atoms with Crippen molar-refractivity contribution >= 4 is 17.1 Å². The molecule has 0 saturated heterocycles. The smallest absolute Gasteiger partial charge is 0.314 e. The van der Waals surface area contributed by atoms with E-state index in [1.54, 1.807) is 0 Å². The van der Waals surface area contributed by atoms with Gasteiger partial charge in [0.15, 0.2) is 17.6 Å². The van der Waals surface area contributed by atoms with Crippen LogP contribution in [0.25, 0.3) is 11.0 Å². The molecule has 7 heteroatoms. The van der Waals surface area contributed by atoms with Gasteiger partial charge in [0.25, 0.3) is 0 Å². The Morgan fingerprint density at radius 1 is 1.11 bits per heavy atom. The molecule has 1 aliphatic rings. The highest BCUT2D eigenvalue weighted by molar-refractivity contribution is 5.75. The fourth-order valence-electron chi connectivity index (χ4n) is 3.01. The number of hydrogen-bond acceptors (Lipinski definition) is 4. The number of carbonyl (C=O) groups is 1. The Balaban J connectivity index is 1.15. The number of benzene rings is 2. The molecular formula is C20H22N4O3. The maximum absolute atomic E-state index is 11.9. The van der Waals surface area contributed by atoms with Crippen LogP contribution >= 0.6 is 0 Å². The van der Waals surface area contributed by atoms with E-state index in [0.717, 1.165) is 35.4 Å². The monoisotopic (exact) mass is 366 g/mol. The van der Waals surface area contributed by atoms with Gasteiger partial charge in [0.2, 0.25) is 0 Å². The molecule has 1 unspecified atom stereocenters. The highest BCUT2D eigenvalue weighted by Gasteiger charge is 2.20. The number of carbonyl (C=O) groups excluding carboxylic acids is 1. The summed E-state index contributed by atoms with van der Waals surface area (Å²) < 4.78 is 11.4. The minimum Gasteiger partial charge on any atom is -0.486 e. The highest BCUT2D eigenvalue weighted by Crippen LogP contribution is 2.30. The van der Waals surface area contributed by atoms with Crippen molar-refractivity contribution in [1.82, 2.24) is 20.6 Å². The molecule has 2 heterocycles. The topological polar surface area (TPSA) is 88.3 Å². The summed E-state index contributed by atoms with van der Waals surface area (Å²) in [6.45, 7) is 1.39. The summed E-state index contributed by atoms with van der Waals surface area (Å²) in [7, 11) is 0. The molecule has 0 radical (unpaired) electrons. The van der Waals surface area contributed by atoms with Crippen LogP contribution in [0.15, 0.2) is 48.5 Å². The van der Waals surface area contributed by atoms with Gasteiger partial charge in [-0.15, -0.1) is 0 Å². The Morgan fingerprint density at radius 2 is 1.93 bits per heavy atom. The third-order valence-corrected chi connectivity index (χ3v) is 4.37. The lowest BCUT2D eigenvalue weighted by Gasteiger charge is -2.26. The number of nitrogens with zero attached hydrogens (tertiary/aromatic N) is 1. The minimum atomic E-state index is -0.206. The molecule has 2 aromatic carbocycles. The Kier molecular flexibility index (Phi) is 5.09. The normalized spacial score (nSPS) is 15.5. The van der Waals surface area contributed by atoms with Crippen LogP contribution in [0.1, 0.15) is 12.2 Å². The number of fused-ring (bicyclic) bond motifs is 2. The van der Waals surface area contributed by atoms with E-state index in [9.17, 15) is 4.79 Å². The first kappa shape index (κ1) is 17.2. The molecule has 0 saturated carbocycles. The average molecular weight is 366 g/mol. The molecule has 0 aliphatic carbocycles. The van der Waals surface area contributed by atoms with Crippen molar-refractivity contribution in [1.29, 1.82) is 0 Å². The second-order valence-electron chi connectivity index (χ2n) is 6.44. The molecule has 0 bridgehead atoms. The standard InChI is InChI=1S/C20H22N4O3/c25-20(22-12-14-13-26-17-8-3-4-9-18(17)27-14)21-11-5-10-19-23-15-6-1-2-7-16(15)24-19/h1-4,6-9,14H,5,10-13H2,(H,23,24)(H2,21,22,25). The minimum absolute atomic E-state index is 0.193. The summed E-state index contributed by atoms with van der Waals surface area (Å²) in [5.74, 6) is 2.38. The molecular weight excluding hydrogens is 344 g/mol. The number of ether oxygens (including phenoxy) is 2. The van der Waals surface area contributed by atoms with Crippen LogP contribution in [0.4, 0.5) is 4.79 Å². The summed E-state index contributed by atoms with van der Waals surface area (Å²) in [5.41, 5.74) is 2.00. The SMILES string of the molecule is O=C(NCCCc1nc2ccccc2[nH]1)NCC1COc2ccccc2O1. The van der Waals surface area contributed by atoms with E-state index < -0.39 is 0 Å². The third kappa shape index (κ3) is 4.31. The van der Waals surface area contributed by atoms with E-state index in [0.29, 0.717) is 25.4 Å². The van der Waals surface area contributed by atoms with Gasteiger partial charge < -0.3 is 25.1 Å². The summed E-state index contributed by atoms with van der Waals surface area (Å²) in [5, 5.41) is 5.68. The fourth-order valence-corrected chi connectivity index (χ4v) is 3.01. The molecule has 27 heavy (non-hydrogen) atoms. The van der Waals surface area contributed by atoms with Gasteiger partial charge in [0.1, 0.15) is 12.4 Å². The lowest BCUT2D eigenvalue weighted by atomic mass is 10.2. The van der Waals surface area contributed by atoms with Gasteiger partial charge in [-0.1, -0.05) is 24.3 Å². The van der Waals surface area contributed by atoms with Crippen molar-refractivity contribution in [2.45, 2.75) is 18.9 Å². The number of amides is 2. The van der Waals surface area contributed by atoms with Gasteiger partial charge in [-0.3, -0.25) is 0 Å². The van der Waals surface area contributed by atoms with Crippen LogP contribution in [0.3, 0.4) is 0 Å². The maximum Gasteiger partial charge on any atom is 0.314 e. The number of hydrogen-bond donors (Lipinski definition) is 3. The Bertz CT molecular complexity index is 891. The zero-order valence-corrected chi connectivity index (χ0v) is 14.9. The maximum atomic E-state index is 11.9. The van der Waals surface area contributed by atoms with Crippen molar-refractivity contribution < 1.29 is 14.3 Å². The number of urea groups is 1. The van der Waals surface area contributed by atoms with E-state index in [1.165, 1.54) is 0 Å². The zero-order chi connectivity index (χ0) is 18.5. The summed E-state index contributed by atoms with van der Waals surface area (Å²) >= 11 is 0. The van der Waals surface area contributed by atoms with Crippen LogP contribution in [-0.2, 0) is 6.42 Å². The number of rotatable bonds is 6. The number of aromatic amines is 1. The van der Waals surface area contributed by atoms with Gasteiger partial charge >= 0.3 is 6.03 Å². The second kappa shape index (κ2) is 7.99. The van der Waals surface area contributed by atoms with Crippen molar-refractivity contribution in [2.75, 3.05) is 19.7 Å². The number of imidazole rings is 1. The zero-order valence-electron chi connectivity index (χ0n) is 14.9. The fraction of sp³-hybridized carbons (Fsp3) is 0.300. The largest absolute Gasteiger partial charge is 0.486 e. The molecule has 1 atom stereocenters. The molecule has 0 fully saturated rings. The van der Waals surface area contributed by atoms with Crippen molar-refractivity contribution in [3.05, 3.63) is 54.4 Å². The first-order valence-electron chi connectivity index (χ1n) is 9.12. The van der Waals surface area contributed by atoms with Gasteiger partial charge in [0.05, 0.1) is 17.6 Å². The quantitative estimate of drug-likeness (QED) is 0.585. The number of H-pyrrole nitrogens is 1. The van der Waals surface area contributed by atoms with Crippen molar-refractivity contribution in [2.24, 2.45) is 0 Å². The molecule has 140 valence electrons. The highest BCUT2D eigenvalue weighted by atomic mass is 16.6. The molecule has 7 nitrogen and oxygen atoms in total. The molecule has 2 amide bonds.